The van der Waals surface area contributed by atoms with E-state index in [4.69, 9.17) is 0 Å². The number of hydrogen-bond donors (Lipinski definition) is 0. The Morgan fingerprint density at radius 2 is 2.40 bits per heavy atom. The predicted molar refractivity (Wildman–Crippen MR) is 19.6 cm³/mol. The summed E-state index contributed by atoms with van der Waals surface area (Å²) < 4.78 is 0. The van der Waals surface area contributed by atoms with Crippen LogP contribution in [0, 0.1) is 0 Å². The molecule has 5 heavy (non-hydrogen) atoms. The molecule has 0 aliphatic rings. The third-order valence-electron chi connectivity index (χ3n) is 0.332. The van der Waals surface area contributed by atoms with E-state index < -0.39 is 0 Å². The summed E-state index contributed by atoms with van der Waals surface area (Å²) >= 11 is 2.07. The summed E-state index contributed by atoms with van der Waals surface area (Å²) in [6, 6.07) is 0. The zero-order chi connectivity index (χ0) is 4.12. The summed E-state index contributed by atoms with van der Waals surface area (Å²) in [5, 5.41) is 0. The minimum atomic E-state index is 1.17. The van der Waals surface area contributed by atoms with E-state index in [-0.39, 0.29) is 0 Å². The molecular weight excluding hydrogens is 144 g/mol. The van der Waals surface area contributed by atoms with Gasteiger partial charge >= 0.3 is 43.7 Å². The van der Waals surface area contributed by atoms with Crippen molar-refractivity contribution in [2.45, 2.75) is 11.7 Å². The van der Waals surface area contributed by atoms with Gasteiger partial charge in [-0.2, -0.15) is 0 Å². The molecule has 0 unspecified atom stereocenters. The van der Waals surface area contributed by atoms with Gasteiger partial charge in [-0.25, -0.2) is 0 Å². The van der Waals surface area contributed by atoms with Crippen molar-refractivity contribution in [2.24, 2.45) is 0 Å². The van der Waals surface area contributed by atoms with Crippen molar-refractivity contribution in [1.29, 1.82) is 0 Å². The van der Waals surface area contributed by atoms with Crippen LogP contribution in [0.25, 0.3) is 0 Å². The molecular formula is C4H7Mo. The molecule has 0 aromatic heterocycles. The first-order valence-corrected chi connectivity index (χ1v) is 3.03. The van der Waals surface area contributed by atoms with Crippen LogP contribution in [0.15, 0.2) is 12.2 Å². The standard InChI is InChI=1S/C4H7.Mo/c1-3-4-2;/h3-4H,1H2,2H3;/b4-3+;. The molecule has 0 amide bonds. The van der Waals surface area contributed by atoms with Crippen LogP contribution in [-0.2, 0) is 19.8 Å². The van der Waals surface area contributed by atoms with E-state index in [1.165, 1.54) is 4.81 Å². The fraction of sp³-hybridized carbons (Fsp3) is 0.500. The molecule has 0 saturated heterocycles. The first-order chi connectivity index (χ1) is 2.41. The van der Waals surface area contributed by atoms with Gasteiger partial charge in [0.15, 0.2) is 0 Å². The second-order valence-corrected chi connectivity index (χ2v) is 1.56. The number of hydrogen-bond acceptors (Lipinski definition) is 0. The van der Waals surface area contributed by atoms with E-state index in [2.05, 4.69) is 32.0 Å². The topological polar surface area (TPSA) is 0 Å². The third-order valence-corrected chi connectivity index (χ3v) is 0.805. The van der Waals surface area contributed by atoms with Crippen LogP contribution < -0.4 is 0 Å². The Bertz CT molecular complexity index is 30.6. The average molecular weight is 151 g/mol. The Kier molecular flexibility index (Phi) is 4.81. The Labute approximate surface area is 44.2 Å². The van der Waals surface area contributed by atoms with Crippen molar-refractivity contribution in [3.05, 3.63) is 12.2 Å². The van der Waals surface area contributed by atoms with Crippen molar-refractivity contribution in [1.82, 2.24) is 0 Å². The van der Waals surface area contributed by atoms with Gasteiger partial charge in [0.2, 0.25) is 0 Å². The van der Waals surface area contributed by atoms with Crippen molar-refractivity contribution in [3.63, 3.8) is 0 Å². The van der Waals surface area contributed by atoms with Crippen molar-refractivity contribution < 1.29 is 19.8 Å². The van der Waals surface area contributed by atoms with Crippen molar-refractivity contribution in [3.8, 4) is 0 Å². The van der Waals surface area contributed by atoms with E-state index in [1.807, 2.05) is 6.92 Å². The first kappa shape index (κ1) is 5.43. The van der Waals surface area contributed by atoms with E-state index in [0.717, 1.165) is 0 Å². The van der Waals surface area contributed by atoms with Crippen molar-refractivity contribution >= 4 is 0 Å². The average Bonchev–Trinajstić information content (AvgIpc) is 1.41. The molecule has 0 heterocycles. The van der Waals surface area contributed by atoms with Gasteiger partial charge in [0.25, 0.3) is 0 Å². The molecule has 0 nitrogen and oxygen atoms in total. The van der Waals surface area contributed by atoms with Crippen molar-refractivity contribution in [2.75, 3.05) is 0 Å². The quantitative estimate of drug-likeness (QED) is 0.393. The van der Waals surface area contributed by atoms with Gasteiger partial charge in [0.05, 0.1) is 0 Å². The molecule has 0 aromatic rings. The van der Waals surface area contributed by atoms with Gasteiger partial charge in [-0.05, 0) is 0 Å². The molecule has 0 bridgehead atoms. The first-order valence-electron chi connectivity index (χ1n) is 1.61. The van der Waals surface area contributed by atoms with Gasteiger partial charge in [-0.3, -0.25) is 0 Å². The Morgan fingerprint density at radius 1 is 1.80 bits per heavy atom. The molecule has 1 heteroatoms. The summed E-state index contributed by atoms with van der Waals surface area (Å²) in [5.74, 6) is 0. The van der Waals surface area contributed by atoms with Gasteiger partial charge in [-0.15, -0.1) is 0 Å². The molecule has 0 aliphatic heterocycles. The molecule has 0 radical (unpaired) electrons. The van der Waals surface area contributed by atoms with Gasteiger partial charge in [-0.1, -0.05) is 0 Å². The van der Waals surface area contributed by atoms with E-state index in [0.29, 0.717) is 0 Å². The number of rotatable bonds is 1. The summed E-state index contributed by atoms with van der Waals surface area (Å²) in [7, 11) is 0. The zero-order valence-electron chi connectivity index (χ0n) is 3.27. The van der Waals surface area contributed by atoms with Crippen LogP contribution in [0.5, 0.6) is 0 Å². The Balaban J connectivity index is 2.62. The Hall–Kier alpha value is 0.428. The monoisotopic (exact) mass is 153 g/mol. The second kappa shape index (κ2) is 4.43. The molecule has 0 N–H and O–H groups in total. The maximum atomic E-state index is 2.13. The maximum absolute atomic E-state index is 2.13. The van der Waals surface area contributed by atoms with E-state index in [1.54, 1.807) is 0 Å². The third kappa shape index (κ3) is 4.43. The zero-order valence-corrected chi connectivity index (χ0v) is 5.28. The summed E-state index contributed by atoms with van der Waals surface area (Å²) in [5.41, 5.74) is 0. The van der Waals surface area contributed by atoms with Crippen LogP contribution in [0.1, 0.15) is 6.92 Å². The van der Waals surface area contributed by atoms with Crippen LogP contribution in [0.4, 0.5) is 0 Å². The molecule has 0 aromatic carbocycles. The van der Waals surface area contributed by atoms with Crippen LogP contribution in [-0.4, -0.2) is 0 Å². The SMILES string of the molecule is C/C=C/[CH2][Mo]. The summed E-state index contributed by atoms with van der Waals surface area (Å²) in [6.45, 7) is 2.03. The molecule has 0 spiro atoms. The van der Waals surface area contributed by atoms with E-state index in [9.17, 15) is 0 Å². The molecule has 0 rings (SSSR count). The molecule has 29 valence electrons. The fourth-order valence-electron chi connectivity index (χ4n) is 0.0962. The molecule has 0 fully saturated rings. The predicted octanol–water partition coefficient (Wildman–Crippen LogP) is 1.53. The van der Waals surface area contributed by atoms with E-state index >= 15 is 0 Å². The van der Waals surface area contributed by atoms with Gasteiger partial charge < -0.3 is 0 Å². The molecule has 0 aliphatic carbocycles. The Morgan fingerprint density at radius 3 is 2.40 bits per heavy atom. The van der Waals surface area contributed by atoms with Gasteiger partial charge in [0.1, 0.15) is 0 Å². The minimum absolute atomic E-state index is 1.17. The fourth-order valence-corrected chi connectivity index (χ4v) is 0.569. The van der Waals surface area contributed by atoms with Gasteiger partial charge in [0, 0.05) is 0 Å². The molecule has 0 atom stereocenters. The normalized spacial score (nSPS) is 9.80. The summed E-state index contributed by atoms with van der Waals surface area (Å²) in [4.78, 5) is 1.17. The van der Waals surface area contributed by atoms with Crippen LogP contribution >= 0.6 is 0 Å². The van der Waals surface area contributed by atoms with Crippen LogP contribution in [0.2, 0.25) is 4.81 Å². The van der Waals surface area contributed by atoms with Crippen LogP contribution in [0.3, 0.4) is 0 Å². The number of allylic oxidation sites excluding steroid dienone is 2. The second-order valence-electron chi connectivity index (χ2n) is 0.736. The summed E-state index contributed by atoms with van der Waals surface area (Å²) in [6.07, 6.45) is 4.19. The molecule has 0 saturated carbocycles.